The number of aliphatic hydroxyl groups is 3. The molecule has 0 spiro atoms. The molecule has 3 rings (SSSR count). The Morgan fingerprint density at radius 1 is 1.18 bits per heavy atom. The lowest BCUT2D eigenvalue weighted by Crippen LogP contribution is -2.61. The number of ether oxygens (including phenoxy) is 1. The average molecular weight is 524 g/mol. The van der Waals surface area contributed by atoms with E-state index in [2.05, 4.69) is 10.4 Å². The van der Waals surface area contributed by atoms with Crippen LogP contribution >= 0.6 is 35.0 Å². The third-order valence-corrected chi connectivity index (χ3v) is 7.00. The molecular weight excluding hydrogens is 506 g/mol. The van der Waals surface area contributed by atoms with E-state index in [1.54, 1.807) is 18.2 Å². The molecule has 1 heterocycles. The first-order valence-corrected chi connectivity index (χ1v) is 11.0. The Hall–Kier alpha value is -1.86. The second-order valence-electron chi connectivity index (χ2n) is 6.96. The molecule has 1 aliphatic heterocycles. The summed E-state index contributed by atoms with van der Waals surface area (Å²) in [4.78, 5) is 0.481. The molecule has 1 aliphatic rings. The van der Waals surface area contributed by atoms with E-state index in [0.717, 1.165) is 18.0 Å². The molecule has 0 saturated carbocycles. The molecule has 0 radical (unpaired) electrons. The van der Waals surface area contributed by atoms with Crippen LogP contribution in [0.2, 0.25) is 10.0 Å². The van der Waals surface area contributed by atoms with E-state index in [4.69, 9.17) is 33.5 Å². The van der Waals surface area contributed by atoms with E-state index in [1.165, 1.54) is 0 Å². The zero-order valence-electron chi connectivity index (χ0n) is 16.6. The molecular formula is C20H18Cl2F3N3O4S. The first kappa shape index (κ1) is 25.8. The lowest BCUT2D eigenvalue weighted by Gasteiger charge is -2.42. The number of nitrogens with zero attached hydrogens (tertiary/aromatic N) is 1. The van der Waals surface area contributed by atoms with Gasteiger partial charge in [-0.2, -0.15) is 5.11 Å². The summed E-state index contributed by atoms with van der Waals surface area (Å²) in [5.41, 5.74) is 5.71. The lowest BCUT2D eigenvalue weighted by atomic mass is 9.97. The lowest BCUT2D eigenvalue weighted by molar-refractivity contribution is -0.164. The van der Waals surface area contributed by atoms with Crippen molar-refractivity contribution in [1.82, 2.24) is 5.32 Å². The van der Waals surface area contributed by atoms with Gasteiger partial charge in [0.2, 0.25) is 0 Å². The molecule has 0 bridgehead atoms. The highest BCUT2D eigenvalue weighted by Gasteiger charge is 2.44. The normalized spacial score (nSPS) is 25.7. The van der Waals surface area contributed by atoms with E-state index in [0.29, 0.717) is 17.0 Å². The summed E-state index contributed by atoms with van der Waals surface area (Å²) in [7, 11) is 0. The zero-order chi connectivity index (χ0) is 24.3. The minimum atomic E-state index is -1.67. The Morgan fingerprint density at radius 2 is 1.85 bits per heavy atom. The molecule has 0 aromatic heterocycles. The summed E-state index contributed by atoms with van der Waals surface area (Å²) >= 11 is 13.2. The van der Waals surface area contributed by atoms with Crippen LogP contribution in [-0.2, 0) is 4.74 Å². The van der Waals surface area contributed by atoms with Crippen molar-refractivity contribution in [3.63, 3.8) is 0 Å². The van der Waals surface area contributed by atoms with Gasteiger partial charge in [0.15, 0.2) is 17.5 Å². The van der Waals surface area contributed by atoms with Gasteiger partial charge in [0.25, 0.3) is 0 Å². The Kier molecular flexibility index (Phi) is 8.62. The molecule has 5 atom stereocenters. The van der Waals surface area contributed by atoms with Gasteiger partial charge in [0.05, 0.1) is 22.7 Å². The van der Waals surface area contributed by atoms with Crippen LogP contribution in [0.4, 0.5) is 13.2 Å². The smallest absolute Gasteiger partial charge is 0.194 e. The maximum atomic E-state index is 13.6. The molecule has 0 aliphatic carbocycles. The van der Waals surface area contributed by atoms with Crippen LogP contribution in [0.5, 0.6) is 0 Å². The number of aliphatic hydroxyl groups excluding tert-OH is 3. The number of halogens is 5. The monoisotopic (exact) mass is 523 g/mol. The minimum Gasteiger partial charge on any atom is -0.394 e. The summed E-state index contributed by atoms with van der Waals surface area (Å²) in [5, 5.41) is 37.3. The minimum absolute atomic E-state index is 0.228. The van der Waals surface area contributed by atoms with Crippen molar-refractivity contribution in [1.29, 1.82) is 5.53 Å². The third-order valence-electron chi connectivity index (χ3n) is 4.86. The summed E-state index contributed by atoms with van der Waals surface area (Å²) in [6.45, 7) is -0.583. The Labute approximate surface area is 200 Å². The van der Waals surface area contributed by atoms with Crippen LogP contribution in [0, 0.1) is 23.0 Å². The highest BCUT2D eigenvalue weighted by molar-refractivity contribution is 8.00. The third kappa shape index (κ3) is 5.62. The molecule has 1 saturated heterocycles. The highest BCUT2D eigenvalue weighted by Crippen LogP contribution is 2.39. The number of hydrogen-bond donors (Lipinski definition) is 5. The van der Waals surface area contributed by atoms with Gasteiger partial charge >= 0.3 is 0 Å². The van der Waals surface area contributed by atoms with Gasteiger partial charge < -0.3 is 25.4 Å². The molecule has 5 N–H and O–H groups in total. The SMILES string of the molecule is N=N/C(=C\NC1C(O)[C@@H](Sc2cccc(Cl)c2Cl)OC(CO)[C@@H]1O)c1cc(F)c(F)c(F)c1. The van der Waals surface area contributed by atoms with Crippen molar-refractivity contribution >= 4 is 40.7 Å². The van der Waals surface area contributed by atoms with Crippen LogP contribution in [-0.4, -0.2) is 51.7 Å². The number of nitrogens with one attached hydrogen (secondary N) is 2. The molecule has 0 amide bonds. The van der Waals surface area contributed by atoms with Crippen molar-refractivity contribution in [2.24, 2.45) is 5.11 Å². The van der Waals surface area contributed by atoms with Crippen LogP contribution < -0.4 is 5.32 Å². The van der Waals surface area contributed by atoms with Crippen LogP contribution in [0.1, 0.15) is 5.56 Å². The summed E-state index contributed by atoms with van der Waals surface area (Å²) in [5.74, 6) is -4.61. The van der Waals surface area contributed by atoms with Crippen LogP contribution in [0.3, 0.4) is 0 Å². The first-order chi connectivity index (χ1) is 15.7. The summed E-state index contributed by atoms with van der Waals surface area (Å²) in [6, 6.07) is 5.01. The van der Waals surface area contributed by atoms with Crippen molar-refractivity contribution in [3.8, 4) is 0 Å². The Bertz CT molecular complexity index is 1040. The van der Waals surface area contributed by atoms with Gasteiger partial charge in [0.1, 0.15) is 29.4 Å². The van der Waals surface area contributed by atoms with E-state index in [1.807, 2.05) is 0 Å². The van der Waals surface area contributed by atoms with Gasteiger partial charge in [-0.1, -0.05) is 41.0 Å². The quantitative estimate of drug-likeness (QED) is 0.277. The molecule has 2 aromatic rings. The van der Waals surface area contributed by atoms with Gasteiger partial charge in [-0.25, -0.2) is 18.7 Å². The largest absolute Gasteiger partial charge is 0.394 e. The molecule has 2 aromatic carbocycles. The first-order valence-electron chi connectivity index (χ1n) is 9.39. The molecule has 3 unspecified atom stereocenters. The van der Waals surface area contributed by atoms with E-state index in [9.17, 15) is 28.5 Å². The van der Waals surface area contributed by atoms with Crippen molar-refractivity contribution in [3.05, 3.63) is 69.6 Å². The van der Waals surface area contributed by atoms with E-state index < -0.39 is 53.8 Å². The van der Waals surface area contributed by atoms with Crippen molar-refractivity contribution in [2.75, 3.05) is 6.61 Å². The predicted molar refractivity (Wildman–Crippen MR) is 116 cm³/mol. The fourth-order valence-corrected chi connectivity index (χ4v) is 4.76. The second kappa shape index (κ2) is 11.0. The van der Waals surface area contributed by atoms with Crippen molar-refractivity contribution < 1.29 is 33.2 Å². The van der Waals surface area contributed by atoms with Gasteiger partial charge in [-0.05, 0) is 24.3 Å². The van der Waals surface area contributed by atoms with Crippen LogP contribution in [0.25, 0.3) is 5.70 Å². The van der Waals surface area contributed by atoms with Gasteiger partial charge in [-0.15, -0.1) is 0 Å². The molecule has 178 valence electrons. The molecule has 1 fully saturated rings. The fourth-order valence-electron chi connectivity index (χ4n) is 3.14. The molecule has 7 nitrogen and oxygen atoms in total. The second-order valence-corrected chi connectivity index (χ2v) is 8.89. The molecule has 13 heteroatoms. The van der Waals surface area contributed by atoms with E-state index >= 15 is 0 Å². The maximum absolute atomic E-state index is 13.6. The summed E-state index contributed by atoms with van der Waals surface area (Å²) < 4.78 is 45.9. The number of benzene rings is 2. The number of thioether (sulfide) groups is 1. The fraction of sp³-hybridized carbons (Fsp3) is 0.300. The average Bonchev–Trinajstić information content (AvgIpc) is 2.79. The molecule has 33 heavy (non-hydrogen) atoms. The predicted octanol–water partition coefficient (Wildman–Crippen LogP) is 3.93. The summed E-state index contributed by atoms with van der Waals surface area (Å²) in [6.07, 6.45) is -2.87. The highest BCUT2D eigenvalue weighted by atomic mass is 35.5. The van der Waals surface area contributed by atoms with Crippen LogP contribution in [0.15, 0.2) is 46.5 Å². The van der Waals surface area contributed by atoms with Gasteiger partial charge in [0, 0.05) is 16.7 Å². The maximum Gasteiger partial charge on any atom is 0.194 e. The number of hydrogen-bond acceptors (Lipinski definition) is 8. The Morgan fingerprint density at radius 3 is 2.45 bits per heavy atom. The van der Waals surface area contributed by atoms with Gasteiger partial charge in [-0.3, -0.25) is 0 Å². The van der Waals surface area contributed by atoms with Crippen molar-refractivity contribution in [2.45, 2.75) is 34.7 Å². The topological polar surface area (TPSA) is 118 Å². The zero-order valence-corrected chi connectivity index (χ0v) is 18.9. The Balaban J connectivity index is 1.86. The number of rotatable bonds is 7. The standard InChI is InChI=1S/C20H18Cl2F3N3O4S/c21-9-2-1-3-14(15(9)22)33-20-19(31)17(18(30)13(7-29)32-20)27-6-12(28-26)8-4-10(23)16(25)11(24)5-8/h1-6,13,17-20,26-27,29-31H,7H2/b12-6-,28-26?/t13?,17?,18-,19?,20+/m0/s1. The van der Waals surface area contributed by atoms with E-state index in [-0.39, 0.29) is 21.3 Å².